The van der Waals surface area contributed by atoms with E-state index in [-0.39, 0.29) is 11.7 Å². The number of carbonyl (C=O) groups excluding carboxylic acids is 1. The first-order valence-electron chi connectivity index (χ1n) is 8.23. The van der Waals surface area contributed by atoms with Crippen LogP contribution in [-0.2, 0) is 12.8 Å². The molecule has 126 valence electrons. The van der Waals surface area contributed by atoms with Gasteiger partial charge in [0, 0.05) is 23.3 Å². The maximum Gasteiger partial charge on any atom is 0.261 e. The lowest BCUT2D eigenvalue weighted by atomic mass is 9.90. The first-order chi connectivity index (χ1) is 12.2. The number of hydrogen-bond acceptors (Lipinski definition) is 5. The normalized spacial score (nSPS) is 13.3. The Morgan fingerprint density at radius 2 is 2.00 bits per heavy atom. The van der Waals surface area contributed by atoms with E-state index in [1.54, 1.807) is 18.5 Å². The second-order valence-electron chi connectivity index (χ2n) is 6.08. The zero-order chi connectivity index (χ0) is 17.2. The molecule has 3 aromatic rings. The van der Waals surface area contributed by atoms with Crippen LogP contribution in [0.1, 0.15) is 34.3 Å². The van der Waals surface area contributed by atoms with Crippen molar-refractivity contribution in [3.8, 4) is 17.0 Å². The molecule has 2 N–H and O–H groups in total. The average Bonchev–Trinajstić information content (AvgIpc) is 3.10. The highest BCUT2D eigenvalue weighted by Gasteiger charge is 2.18. The smallest absolute Gasteiger partial charge is 0.261 e. The van der Waals surface area contributed by atoms with Crippen LogP contribution in [0.3, 0.4) is 0 Å². The van der Waals surface area contributed by atoms with Crippen molar-refractivity contribution >= 4 is 22.4 Å². The van der Waals surface area contributed by atoms with Gasteiger partial charge in [-0.2, -0.15) is 0 Å². The molecule has 0 fully saturated rings. The quantitative estimate of drug-likeness (QED) is 0.747. The van der Waals surface area contributed by atoms with E-state index in [4.69, 9.17) is 0 Å². The van der Waals surface area contributed by atoms with E-state index in [1.165, 1.54) is 11.3 Å². The molecular weight excluding hydrogens is 334 g/mol. The van der Waals surface area contributed by atoms with Crippen LogP contribution < -0.4 is 5.32 Å². The maximum absolute atomic E-state index is 12.5. The van der Waals surface area contributed by atoms with Crippen molar-refractivity contribution in [2.24, 2.45) is 0 Å². The molecule has 0 bridgehead atoms. The van der Waals surface area contributed by atoms with Gasteiger partial charge in [0.15, 0.2) is 5.13 Å². The largest absolute Gasteiger partial charge is 0.507 e. The Balaban J connectivity index is 1.56. The first-order valence-corrected chi connectivity index (χ1v) is 9.11. The molecule has 1 amide bonds. The molecule has 1 aliphatic rings. The number of anilines is 1. The summed E-state index contributed by atoms with van der Waals surface area (Å²) in [6.45, 7) is 0. The van der Waals surface area contributed by atoms with Gasteiger partial charge in [-0.1, -0.05) is 0 Å². The molecule has 0 aliphatic heterocycles. The highest BCUT2D eigenvalue weighted by molar-refractivity contribution is 7.14. The second kappa shape index (κ2) is 6.64. The van der Waals surface area contributed by atoms with Crippen LogP contribution in [0.5, 0.6) is 5.75 Å². The minimum atomic E-state index is -0.335. The third-order valence-electron chi connectivity index (χ3n) is 4.39. The topological polar surface area (TPSA) is 75.1 Å². The summed E-state index contributed by atoms with van der Waals surface area (Å²) in [6.07, 6.45) is 7.62. The lowest BCUT2D eigenvalue weighted by Crippen LogP contribution is -2.14. The van der Waals surface area contributed by atoms with E-state index in [1.807, 2.05) is 23.6 Å². The number of aryl methyl sites for hydroxylation is 2. The highest BCUT2D eigenvalue weighted by Crippen LogP contribution is 2.30. The molecule has 0 spiro atoms. The Labute approximate surface area is 149 Å². The number of rotatable bonds is 3. The molecule has 5 nitrogen and oxygen atoms in total. The van der Waals surface area contributed by atoms with Gasteiger partial charge < -0.3 is 5.11 Å². The fourth-order valence-corrected chi connectivity index (χ4v) is 3.81. The zero-order valence-corrected chi connectivity index (χ0v) is 14.3. The first kappa shape index (κ1) is 15.8. The van der Waals surface area contributed by atoms with Crippen LogP contribution in [0, 0.1) is 0 Å². The number of hydrogen-bond donors (Lipinski definition) is 2. The molecule has 25 heavy (non-hydrogen) atoms. The Bertz CT molecular complexity index is 922. The van der Waals surface area contributed by atoms with Gasteiger partial charge in [-0.15, -0.1) is 11.3 Å². The number of aromatic hydroxyl groups is 1. The number of phenols is 1. The molecule has 6 heteroatoms. The van der Waals surface area contributed by atoms with Gasteiger partial charge in [-0.25, -0.2) is 4.98 Å². The fourth-order valence-electron chi connectivity index (χ4n) is 3.10. The van der Waals surface area contributed by atoms with E-state index in [0.717, 1.165) is 48.1 Å². The summed E-state index contributed by atoms with van der Waals surface area (Å²) in [7, 11) is 0. The summed E-state index contributed by atoms with van der Waals surface area (Å²) in [6, 6.07) is 7.31. The van der Waals surface area contributed by atoms with E-state index >= 15 is 0 Å². The predicted molar refractivity (Wildman–Crippen MR) is 98.0 cm³/mol. The molecule has 0 radical (unpaired) electrons. The van der Waals surface area contributed by atoms with Gasteiger partial charge in [0.2, 0.25) is 0 Å². The molecule has 4 rings (SSSR count). The van der Waals surface area contributed by atoms with Crippen LogP contribution >= 0.6 is 11.3 Å². The summed E-state index contributed by atoms with van der Waals surface area (Å²) in [5.74, 6) is -0.305. The summed E-state index contributed by atoms with van der Waals surface area (Å²) < 4.78 is 0. The van der Waals surface area contributed by atoms with E-state index in [0.29, 0.717) is 10.7 Å². The number of pyridine rings is 1. The Morgan fingerprint density at radius 1 is 1.20 bits per heavy atom. The van der Waals surface area contributed by atoms with E-state index in [9.17, 15) is 9.90 Å². The fraction of sp³-hybridized carbons (Fsp3) is 0.211. The van der Waals surface area contributed by atoms with Crippen LogP contribution in [-0.4, -0.2) is 21.0 Å². The molecule has 1 aromatic carbocycles. The van der Waals surface area contributed by atoms with Crippen LogP contribution in [0.2, 0.25) is 0 Å². The van der Waals surface area contributed by atoms with Crippen LogP contribution in [0.15, 0.2) is 42.0 Å². The third-order valence-corrected chi connectivity index (χ3v) is 5.14. The molecule has 2 heterocycles. The van der Waals surface area contributed by atoms with Crippen LogP contribution in [0.25, 0.3) is 11.3 Å². The standard InChI is InChI=1S/C19H17N3O2S/c23-17-9-13-5-2-1-4-12(13)8-15(17)18(24)22-19-21-16(11-25-19)14-6-3-7-20-10-14/h3,6-11,23H,1-2,4-5H2,(H,21,22,24). The van der Waals surface area contributed by atoms with Crippen molar-refractivity contribution in [1.29, 1.82) is 0 Å². The summed E-state index contributed by atoms with van der Waals surface area (Å²) in [5.41, 5.74) is 4.27. The zero-order valence-electron chi connectivity index (χ0n) is 13.5. The SMILES string of the molecule is O=C(Nc1nc(-c2cccnc2)cs1)c1cc2c(cc1O)CCCC2. The average molecular weight is 351 g/mol. The Morgan fingerprint density at radius 3 is 2.76 bits per heavy atom. The number of fused-ring (bicyclic) bond motifs is 1. The summed E-state index contributed by atoms with van der Waals surface area (Å²) in [5, 5.41) is 15.4. The van der Waals surface area contributed by atoms with Crippen LogP contribution in [0.4, 0.5) is 5.13 Å². The number of nitrogens with one attached hydrogen (secondary N) is 1. The molecule has 1 aliphatic carbocycles. The number of aromatic nitrogens is 2. The molecule has 2 aromatic heterocycles. The lowest BCUT2D eigenvalue weighted by molar-refractivity contribution is 0.102. The van der Waals surface area contributed by atoms with Gasteiger partial charge in [0.1, 0.15) is 5.75 Å². The minimum Gasteiger partial charge on any atom is -0.507 e. The second-order valence-corrected chi connectivity index (χ2v) is 6.94. The number of amides is 1. The summed E-state index contributed by atoms with van der Waals surface area (Å²) in [4.78, 5) is 21.1. The maximum atomic E-state index is 12.5. The van der Waals surface area contributed by atoms with Crippen molar-refractivity contribution in [1.82, 2.24) is 9.97 Å². The monoisotopic (exact) mass is 351 g/mol. The van der Waals surface area contributed by atoms with Crippen molar-refractivity contribution in [3.63, 3.8) is 0 Å². The van der Waals surface area contributed by atoms with Gasteiger partial charge in [0.05, 0.1) is 11.3 Å². The van der Waals surface area contributed by atoms with Crippen molar-refractivity contribution in [2.75, 3.05) is 5.32 Å². The molecule has 0 saturated heterocycles. The van der Waals surface area contributed by atoms with Crippen molar-refractivity contribution in [3.05, 3.63) is 58.7 Å². The molecular formula is C19H17N3O2S. The predicted octanol–water partition coefficient (Wildman–Crippen LogP) is 4.04. The number of nitrogens with zero attached hydrogens (tertiary/aromatic N) is 2. The van der Waals surface area contributed by atoms with Crippen molar-refractivity contribution < 1.29 is 9.90 Å². The van der Waals surface area contributed by atoms with Gasteiger partial charge >= 0.3 is 0 Å². The molecule has 0 saturated carbocycles. The van der Waals surface area contributed by atoms with Gasteiger partial charge in [0.25, 0.3) is 5.91 Å². The van der Waals surface area contributed by atoms with Gasteiger partial charge in [-0.05, 0) is 61.1 Å². The lowest BCUT2D eigenvalue weighted by Gasteiger charge is -2.17. The third kappa shape index (κ3) is 3.25. The Kier molecular flexibility index (Phi) is 4.19. The van der Waals surface area contributed by atoms with E-state index < -0.39 is 0 Å². The molecule has 0 atom stereocenters. The van der Waals surface area contributed by atoms with Crippen molar-refractivity contribution in [2.45, 2.75) is 25.7 Å². The Hall–Kier alpha value is -2.73. The van der Waals surface area contributed by atoms with E-state index in [2.05, 4.69) is 15.3 Å². The highest BCUT2D eigenvalue weighted by atomic mass is 32.1. The number of phenolic OH excluding ortho intramolecular Hbond substituents is 1. The minimum absolute atomic E-state index is 0.0298. The molecule has 0 unspecified atom stereocenters. The number of benzene rings is 1. The number of carbonyl (C=O) groups is 1. The van der Waals surface area contributed by atoms with Gasteiger partial charge in [-0.3, -0.25) is 15.1 Å². The number of thiazole rings is 1. The summed E-state index contributed by atoms with van der Waals surface area (Å²) >= 11 is 1.35.